The molecular weight excluding hydrogens is 453 g/mol. The number of halogens is 1. The zero-order valence-electron chi connectivity index (χ0n) is 19.4. The Balaban J connectivity index is 1.40. The first-order valence-electron chi connectivity index (χ1n) is 11.7. The minimum atomic E-state index is -1.01. The van der Waals surface area contributed by atoms with E-state index in [1.165, 1.54) is 6.20 Å². The zero-order chi connectivity index (χ0) is 24.1. The van der Waals surface area contributed by atoms with Crippen LogP contribution in [0.3, 0.4) is 0 Å². The number of amides is 1. The zero-order valence-corrected chi connectivity index (χ0v) is 19.4. The van der Waals surface area contributed by atoms with Crippen LogP contribution in [0.5, 0.6) is 0 Å². The summed E-state index contributed by atoms with van der Waals surface area (Å²) >= 11 is 0. The number of nitrogens with one attached hydrogen (secondary N) is 2. The van der Waals surface area contributed by atoms with Crippen molar-refractivity contribution in [1.82, 2.24) is 29.5 Å². The second kappa shape index (κ2) is 8.58. The average Bonchev–Trinajstić information content (AvgIpc) is 3.63. The fraction of sp³-hybridized carbons (Fsp3) is 0.417. The Morgan fingerprint density at radius 2 is 2.14 bits per heavy atom. The number of rotatable bonds is 6. The number of nitrogens with zero attached hydrogens (tertiary/aromatic N) is 5. The highest BCUT2D eigenvalue weighted by Crippen LogP contribution is 2.37. The van der Waals surface area contributed by atoms with Gasteiger partial charge in [-0.3, -0.25) is 4.79 Å². The Labute approximate surface area is 200 Å². The summed E-state index contributed by atoms with van der Waals surface area (Å²) in [5.41, 5.74) is 3.09. The van der Waals surface area contributed by atoms with Crippen molar-refractivity contribution in [2.24, 2.45) is 0 Å². The minimum Gasteiger partial charge on any atom is -0.377 e. The number of pyridine rings is 1. The van der Waals surface area contributed by atoms with E-state index in [1.807, 2.05) is 24.4 Å². The fourth-order valence-corrected chi connectivity index (χ4v) is 4.84. The monoisotopic (exact) mass is 479 g/mol. The Kier molecular flexibility index (Phi) is 5.37. The van der Waals surface area contributed by atoms with E-state index in [4.69, 9.17) is 19.4 Å². The highest BCUT2D eigenvalue weighted by atomic mass is 19.1. The molecule has 35 heavy (non-hydrogen) atoms. The number of anilines is 1. The van der Waals surface area contributed by atoms with E-state index < -0.39 is 12.2 Å². The molecule has 0 radical (unpaired) electrons. The van der Waals surface area contributed by atoms with Gasteiger partial charge in [-0.15, -0.1) is 0 Å². The summed E-state index contributed by atoms with van der Waals surface area (Å²) in [5.74, 6) is 1.09. The summed E-state index contributed by atoms with van der Waals surface area (Å²) in [4.78, 5) is 22.4. The largest absolute Gasteiger partial charge is 0.377 e. The van der Waals surface area contributed by atoms with Gasteiger partial charge in [0.2, 0.25) is 0 Å². The molecule has 0 bridgehead atoms. The molecule has 0 aromatic carbocycles. The Morgan fingerprint density at radius 3 is 2.89 bits per heavy atom. The van der Waals surface area contributed by atoms with Crippen molar-refractivity contribution in [2.45, 2.75) is 37.2 Å². The topological polar surface area (TPSA) is 108 Å². The lowest BCUT2D eigenvalue weighted by Gasteiger charge is -2.30. The predicted molar refractivity (Wildman–Crippen MR) is 126 cm³/mol. The first kappa shape index (κ1) is 21.9. The summed E-state index contributed by atoms with van der Waals surface area (Å²) in [7, 11) is 3.47. The molecule has 2 aromatic heterocycles. The number of hydrogen-bond donors (Lipinski definition) is 2. The Morgan fingerprint density at radius 1 is 1.26 bits per heavy atom. The van der Waals surface area contributed by atoms with Gasteiger partial charge in [0.1, 0.15) is 29.5 Å². The van der Waals surface area contributed by atoms with Crippen LogP contribution < -0.4 is 10.6 Å². The van der Waals surface area contributed by atoms with Crippen molar-refractivity contribution in [3.05, 3.63) is 42.4 Å². The number of ether oxygens (including phenoxy) is 2. The van der Waals surface area contributed by atoms with Crippen molar-refractivity contribution in [2.75, 3.05) is 32.7 Å². The third kappa shape index (κ3) is 3.53. The van der Waals surface area contributed by atoms with E-state index in [2.05, 4.69) is 20.3 Å². The number of alkyl halides is 1. The van der Waals surface area contributed by atoms with Gasteiger partial charge < -0.3 is 24.7 Å². The molecule has 1 saturated heterocycles. The van der Waals surface area contributed by atoms with E-state index in [0.29, 0.717) is 48.8 Å². The van der Waals surface area contributed by atoms with Crippen LogP contribution in [-0.4, -0.2) is 75.7 Å². The fourth-order valence-electron chi connectivity index (χ4n) is 4.84. The van der Waals surface area contributed by atoms with Gasteiger partial charge in [-0.2, -0.15) is 9.61 Å². The van der Waals surface area contributed by atoms with Crippen LogP contribution in [-0.2, 0) is 9.47 Å². The lowest BCUT2D eigenvalue weighted by atomic mass is 9.90. The van der Waals surface area contributed by atoms with Crippen molar-refractivity contribution < 1.29 is 18.7 Å². The number of carbonyl (C=O) groups is 1. The molecule has 0 spiro atoms. The maximum absolute atomic E-state index is 13.7. The second-order valence-electron chi connectivity index (χ2n) is 8.95. The lowest BCUT2D eigenvalue weighted by Crippen LogP contribution is -2.48. The van der Waals surface area contributed by atoms with Crippen LogP contribution in [0.4, 0.5) is 10.2 Å². The Bertz CT molecular complexity index is 1370. The predicted octanol–water partition coefficient (Wildman–Crippen LogP) is 2.56. The number of carbonyl (C=O) groups excluding carboxylic acids is 1. The van der Waals surface area contributed by atoms with Gasteiger partial charge in [-0.25, -0.2) is 14.4 Å². The number of hydrogen-bond acceptors (Lipinski definition) is 7. The van der Waals surface area contributed by atoms with E-state index in [9.17, 15) is 9.18 Å². The third-order valence-electron chi connectivity index (χ3n) is 7.02. The van der Waals surface area contributed by atoms with Crippen molar-refractivity contribution in [3.8, 4) is 22.6 Å². The molecule has 4 atom stereocenters. The standard InChI is InChI=1S/C24H26FN7O3/c1-26-21-8-18(29-23-15(10-28-32(21)23)24(33)30-17-6-5-16(17)25)14-9-27-22-13(14)4-3-7-31(22)19-11-35-12-20(19)34-2/h3-4,7-10,16-17,19-20,26H,5-6,11-12H2,1-2H3,(H,30,33)/t16-,17-,19-,20-/m1/s1. The third-order valence-corrected chi connectivity index (χ3v) is 7.02. The van der Waals surface area contributed by atoms with E-state index >= 15 is 0 Å². The Hall–Kier alpha value is -3.57. The minimum absolute atomic E-state index is 0.0192. The van der Waals surface area contributed by atoms with Gasteiger partial charge in [-0.1, -0.05) is 0 Å². The SMILES string of the molecule is CNc1cc(-c2cnc3n([C@@H]4COC[C@H]4OC)cccc2-3)nc2c(C(=O)N[C@@H]3CC[C@H]3F)cnn12. The first-order valence-corrected chi connectivity index (χ1v) is 11.7. The molecule has 4 aliphatic rings. The average molecular weight is 480 g/mol. The summed E-state index contributed by atoms with van der Waals surface area (Å²) in [5, 5.41) is 10.2. The summed E-state index contributed by atoms with van der Waals surface area (Å²) < 4.78 is 28.6. The van der Waals surface area contributed by atoms with Gasteiger partial charge in [0, 0.05) is 43.7 Å². The maximum atomic E-state index is 13.7. The van der Waals surface area contributed by atoms with Gasteiger partial charge in [0.15, 0.2) is 5.65 Å². The molecule has 2 N–H and O–H groups in total. The highest BCUT2D eigenvalue weighted by Gasteiger charge is 2.34. The van der Waals surface area contributed by atoms with Gasteiger partial charge >= 0.3 is 0 Å². The van der Waals surface area contributed by atoms with Gasteiger partial charge in [0.25, 0.3) is 5.91 Å². The van der Waals surface area contributed by atoms with Crippen molar-refractivity contribution in [3.63, 3.8) is 0 Å². The molecular formula is C24H26FN7O3. The second-order valence-corrected chi connectivity index (χ2v) is 8.95. The molecule has 2 fully saturated rings. The number of methoxy groups -OCH3 is 1. The van der Waals surface area contributed by atoms with Crippen LogP contribution in [0.25, 0.3) is 28.3 Å². The van der Waals surface area contributed by atoms with Crippen LogP contribution >= 0.6 is 0 Å². The van der Waals surface area contributed by atoms with E-state index in [-0.39, 0.29) is 18.1 Å². The van der Waals surface area contributed by atoms with E-state index in [0.717, 1.165) is 17.0 Å². The van der Waals surface area contributed by atoms with Crippen LogP contribution in [0.2, 0.25) is 0 Å². The van der Waals surface area contributed by atoms with Crippen molar-refractivity contribution >= 4 is 17.4 Å². The molecule has 3 aliphatic heterocycles. The molecule has 10 nitrogen and oxygen atoms in total. The molecule has 5 heterocycles. The molecule has 11 heteroatoms. The lowest BCUT2D eigenvalue weighted by molar-refractivity contribution is 0.0686. The summed E-state index contributed by atoms with van der Waals surface area (Å²) in [6, 6.07) is 5.40. The van der Waals surface area contributed by atoms with Crippen LogP contribution in [0.1, 0.15) is 29.2 Å². The number of aromatic nitrogens is 5. The number of fused-ring (bicyclic) bond motifs is 2. The molecule has 1 saturated carbocycles. The molecule has 1 amide bonds. The highest BCUT2D eigenvalue weighted by molar-refractivity contribution is 6.00. The summed E-state index contributed by atoms with van der Waals surface area (Å²) in [6.45, 7) is 1.09. The summed E-state index contributed by atoms with van der Waals surface area (Å²) in [6.07, 6.45) is 5.29. The van der Waals surface area contributed by atoms with Crippen molar-refractivity contribution in [1.29, 1.82) is 0 Å². The molecule has 2 aromatic rings. The van der Waals surface area contributed by atoms with Crippen LogP contribution in [0, 0.1) is 0 Å². The van der Waals surface area contributed by atoms with Crippen LogP contribution in [0.15, 0.2) is 36.8 Å². The van der Waals surface area contributed by atoms with Gasteiger partial charge in [-0.05, 0) is 25.0 Å². The smallest absolute Gasteiger partial charge is 0.257 e. The first-order chi connectivity index (χ1) is 17.1. The van der Waals surface area contributed by atoms with Gasteiger partial charge in [0.05, 0.1) is 37.2 Å². The molecule has 6 rings (SSSR count). The van der Waals surface area contributed by atoms with E-state index in [1.54, 1.807) is 24.9 Å². The normalized spacial score (nSPS) is 24.1. The quantitative estimate of drug-likeness (QED) is 0.438. The molecule has 1 aliphatic carbocycles. The molecule has 0 unspecified atom stereocenters. The maximum Gasteiger partial charge on any atom is 0.257 e. The molecule has 182 valence electrons.